The maximum atomic E-state index is 10.1. The molecule has 2 atom stereocenters. The second-order valence-electron chi connectivity index (χ2n) is 6.02. The van der Waals surface area contributed by atoms with Crippen LogP contribution in [0.1, 0.15) is 44.7 Å². The fourth-order valence-corrected chi connectivity index (χ4v) is 3.64. The summed E-state index contributed by atoms with van der Waals surface area (Å²) in [6.45, 7) is 6.47. The maximum absolute atomic E-state index is 10.1. The van der Waals surface area contributed by atoms with Gasteiger partial charge in [0.05, 0.1) is 0 Å². The molecule has 0 amide bonds. The first-order valence-electron chi connectivity index (χ1n) is 6.26. The third-order valence-electron chi connectivity index (χ3n) is 4.83. The number of aromatic nitrogens is 1. The molecule has 0 aromatic carbocycles. The minimum absolute atomic E-state index is 0.116. The van der Waals surface area contributed by atoms with Crippen LogP contribution in [0.2, 0.25) is 0 Å². The molecule has 2 unspecified atom stereocenters. The number of aromatic amines is 1. The summed E-state index contributed by atoms with van der Waals surface area (Å²) >= 11 is 0. The van der Waals surface area contributed by atoms with Crippen LogP contribution in [0.4, 0.5) is 0 Å². The monoisotopic (exact) mass is 233 g/mol. The van der Waals surface area contributed by atoms with Gasteiger partial charge in [0.15, 0.2) is 11.8 Å². The topological polar surface area (TPSA) is 56.2 Å². The molecule has 0 saturated carbocycles. The van der Waals surface area contributed by atoms with Gasteiger partial charge in [0.1, 0.15) is 0 Å². The van der Waals surface area contributed by atoms with Crippen molar-refractivity contribution in [2.45, 2.75) is 44.4 Å². The summed E-state index contributed by atoms with van der Waals surface area (Å²) in [5.41, 5.74) is 1.57. The average molecular weight is 233 g/mol. The molecule has 4 rings (SSSR count). The van der Waals surface area contributed by atoms with Gasteiger partial charge in [-0.05, 0) is 18.8 Å². The summed E-state index contributed by atoms with van der Waals surface area (Å²) in [6, 6.07) is 0. The van der Waals surface area contributed by atoms with E-state index in [1.54, 1.807) is 0 Å². The fraction of sp³-hybridized carbons (Fsp3) is 0.571. The van der Waals surface area contributed by atoms with E-state index in [1.807, 2.05) is 0 Å². The van der Waals surface area contributed by atoms with E-state index in [4.69, 9.17) is 0 Å². The molecule has 0 aliphatic heterocycles. The molecule has 92 valence electrons. The van der Waals surface area contributed by atoms with E-state index in [-0.39, 0.29) is 22.6 Å². The Bertz CT molecular complexity index is 515. The number of hydrogen-bond donors (Lipinski definition) is 3. The highest BCUT2D eigenvalue weighted by atomic mass is 16.3. The van der Waals surface area contributed by atoms with Crippen molar-refractivity contribution >= 4 is 0 Å². The van der Waals surface area contributed by atoms with E-state index >= 15 is 0 Å². The van der Waals surface area contributed by atoms with Gasteiger partial charge in [-0.15, -0.1) is 0 Å². The third kappa shape index (κ3) is 1.07. The van der Waals surface area contributed by atoms with Gasteiger partial charge in [0, 0.05) is 22.0 Å². The highest BCUT2D eigenvalue weighted by Gasteiger charge is 2.52. The van der Waals surface area contributed by atoms with Crippen molar-refractivity contribution in [3.63, 3.8) is 0 Å². The summed E-state index contributed by atoms with van der Waals surface area (Å²) < 4.78 is 0. The molecule has 0 fully saturated rings. The Hall–Kier alpha value is -1.38. The van der Waals surface area contributed by atoms with Gasteiger partial charge in [0.25, 0.3) is 0 Å². The number of nitrogens with one attached hydrogen (secondary N) is 1. The number of aromatic hydroxyl groups is 2. The molecule has 0 saturated heterocycles. The molecule has 3 N–H and O–H groups in total. The van der Waals surface area contributed by atoms with Gasteiger partial charge in [-0.2, -0.15) is 0 Å². The molecule has 3 aliphatic carbocycles. The normalized spacial score (nSPS) is 34.4. The zero-order chi connectivity index (χ0) is 12.4. The second-order valence-corrected chi connectivity index (χ2v) is 6.02. The van der Waals surface area contributed by atoms with Crippen molar-refractivity contribution in [3.8, 4) is 11.8 Å². The third-order valence-corrected chi connectivity index (χ3v) is 4.83. The molecule has 3 aliphatic rings. The van der Waals surface area contributed by atoms with Crippen molar-refractivity contribution in [1.82, 2.24) is 4.98 Å². The number of rotatable bonds is 1. The first kappa shape index (κ1) is 10.8. The molecule has 1 heterocycles. The highest BCUT2D eigenvalue weighted by molar-refractivity contribution is 5.61. The number of allylic oxidation sites excluding steroid dienone is 2. The average Bonchev–Trinajstić information content (AvgIpc) is 2.58. The van der Waals surface area contributed by atoms with Crippen LogP contribution >= 0.6 is 0 Å². The largest absolute Gasteiger partial charge is 0.494 e. The molecule has 2 bridgehead atoms. The summed E-state index contributed by atoms with van der Waals surface area (Å²) in [6.07, 6.45) is 6.50. The van der Waals surface area contributed by atoms with E-state index in [1.165, 1.54) is 0 Å². The van der Waals surface area contributed by atoms with Gasteiger partial charge in [-0.1, -0.05) is 32.9 Å². The van der Waals surface area contributed by atoms with Gasteiger partial charge in [-0.3, -0.25) is 4.98 Å². The van der Waals surface area contributed by atoms with E-state index < -0.39 is 0 Å². The number of fused-ring (bicyclic) bond motifs is 1. The summed E-state index contributed by atoms with van der Waals surface area (Å²) in [5, 5.41) is 20.1. The zero-order valence-electron chi connectivity index (χ0n) is 10.5. The van der Waals surface area contributed by atoms with E-state index in [0.29, 0.717) is 5.92 Å². The Balaban J connectivity index is 2.36. The lowest BCUT2D eigenvalue weighted by molar-refractivity contribution is 0.258. The van der Waals surface area contributed by atoms with Crippen LogP contribution in [0.25, 0.3) is 0 Å². The Morgan fingerprint density at radius 2 is 1.76 bits per heavy atom. The van der Waals surface area contributed by atoms with Crippen LogP contribution in [-0.4, -0.2) is 15.2 Å². The molecule has 3 nitrogen and oxygen atoms in total. The SMILES string of the molecule is CC(C)C12C=CC(C)(CC1)c1c(O)[nH]c(O)c12. The van der Waals surface area contributed by atoms with E-state index in [0.717, 1.165) is 24.0 Å². The van der Waals surface area contributed by atoms with Crippen LogP contribution < -0.4 is 0 Å². The molecule has 3 heteroatoms. The fourth-order valence-electron chi connectivity index (χ4n) is 3.64. The molecule has 1 aromatic heterocycles. The molecule has 0 spiro atoms. The Kier molecular flexibility index (Phi) is 1.83. The standard InChI is InChI=1S/C14H19NO2/c1-8(2)14-6-4-13(3,5-7-14)9-10(14)12(17)15-11(9)16/h4,6,8,15-17H,5,7H2,1-3H3. The second kappa shape index (κ2) is 2.89. The van der Waals surface area contributed by atoms with Crippen molar-refractivity contribution in [2.75, 3.05) is 0 Å². The zero-order valence-corrected chi connectivity index (χ0v) is 10.5. The van der Waals surface area contributed by atoms with Crippen molar-refractivity contribution in [1.29, 1.82) is 0 Å². The molecular weight excluding hydrogens is 214 g/mol. The minimum atomic E-state index is -0.131. The summed E-state index contributed by atoms with van der Waals surface area (Å²) in [4.78, 5) is 2.69. The quantitative estimate of drug-likeness (QED) is 0.653. The van der Waals surface area contributed by atoms with Crippen LogP contribution in [0, 0.1) is 5.92 Å². The Labute approximate surface area is 101 Å². The van der Waals surface area contributed by atoms with Crippen LogP contribution in [-0.2, 0) is 10.8 Å². The molecule has 17 heavy (non-hydrogen) atoms. The van der Waals surface area contributed by atoms with Gasteiger partial charge < -0.3 is 10.2 Å². The predicted octanol–water partition coefficient (Wildman–Crippen LogP) is 2.94. The number of hydrogen-bond acceptors (Lipinski definition) is 2. The van der Waals surface area contributed by atoms with Crippen LogP contribution in [0.3, 0.4) is 0 Å². The van der Waals surface area contributed by atoms with Crippen LogP contribution in [0.5, 0.6) is 11.8 Å². The molecule has 0 radical (unpaired) electrons. The first-order chi connectivity index (χ1) is 7.91. The Morgan fingerprint density at radius 1 is 1.12 bits per heavy atom. The highest BCUT2D eigenvalue weighted by Crippen LogP contribution is 2.60. The molecule has 1 aromatic rings. The van der Waals surface area contributed by atoms with E-state index in [9.17, 15) is 10.2 Å². The Morgan fingerprint density at radius 3 is 2.29 bits per heavy atom. The summed E-state index contributed by atoms with van der Waals surface area (Å²) in [5.74, 6) is 0.680. The first-order valence-corrected chi connectivity index (χ1v) is 6.26. The molecular formula is C14H19NO2. The maximum Gasteiger partial charge on any atom is 0.195 e. The van der Waals surface area contributed by atoms with Crippen molar-refractivity contribution in [2.24, 2.45) is 5.92 Å². The predicted molar refractivity (Wildman–Crippen MR) is 66.4 cm³/mol. The van der Waals surface area contributed by atoms with Gasteiger partial charge in [0.2, 0.25) is 0 Å². The summed E-state index contributed by atoms with van der Waals surface area (Å²) in [7, 11) is 0. The lowest BCUT2D eigenvalue weighted by Crippen LogP contribution is -2.44. The van der Waals surface area contributed by atoms with Crippen molar-refractivity contribution < 1.29 is 10.2 Å². The lowest BCUT2D eigenvalue weighted by atomic mass is 9.53. The van der Waals surface area contributed by atoms with Crippen LogP contribution in [0.15, 0.2) is 12.2 Å². The number of H-pyrrole nitrogens is 1. The van der Waals surface area contributed by atoms with Crippen molar-refractivity contribution in [3.05, 3.63) is 23.3 Å². The van der Waals surface area contributed by atoms with Gasteiger partial charge in [-0.25, -0.2) is 0 Å². The van der Waals surface area contributed by atoms with Gasteiger partial charge >= 0.3 is 0 Å². The smallest absolute Gasteiger partial charge is 0.195 e. The van der Waals surface area contributed by atoms with E-state index in [2.05, 4.69) is 37.9 Å². The minimum Gasteiger partial charge on any atom is -0.494 e. The lowest BCUT2D eigenvalue weighted by Gasteiger charge is -2.49.